The highest BCUT2D eigenvalue weighted by Crippen LogP contribution is 2.37. The molecule has 19 heavy (non-hydrogen) atoms. The molecular formula is C17H21NO. The molecule has 3 rings (SSSR count). The van der Waals surface area contributed by atoms with Crippen LogP contribution in [0, 0.1) is 5.92 Å². The van der Waals surface area contributed by atoms with Crippen LogP contribution in [0.1, 0.15) is 38.2 Å². The predicted molar refractivity (Wildman–Crippen MR) is 78.0 cm³/mol. The van der Waals surface area contributed by atoms with Gasteiger partial charge in [0.25, 0.3) is 0 Å². The van der Waals surface area contributed by atoms with E-state index >= 15 is 0 Å². The van der Waals surface area contributed by atoms with Crippen LogP contribution in [0.4, 0.5) is 0 Å². The molecule has 1 heterocycles. The standard InChI is InChI=1S/C17H21NO/c1-13-6-4-5-10-17(13,19)12-14-9-11-18-16-8-3-2-7-15(14)16/h2-3,7-9,11,13,19H,4-6,10,12H2,1H3. The quantitative estimate of drug-likeness (QED) is 0.887. The summed E-state index contributed by atoms with van der Waals surface area (Å²) in [6.45, 7) is 2.18. The van der Waals surface area contributed by atoms with Gasteiger partial charge in [0.2, 0.25) is 0 Å². The lowest BCUT2D eigenvalue weighted by Gasteiger charge is -2.38. The number of benzene rings is 1. The maximum absolute atomic E-state index is 10.9. The molecule has 1 fully saturated rings. The van der Waals surface area contributed by atoms with E-state index in [-0.39, 0.29) is 0 Å². The van der Waals surface area contributed by atoms with Crippen LogP contribution in [-0.2, 0) is 6.42 Å². The van der Waals surface area contributed by atoms with Gasteiger partial charge in [-0.05, 0) is 36.5 Å². The van der Waals surface area contributed by atoms with Gasteiger partial charge >= 0.3 is 0 Å². The molecule has 0 bridgehead atoms. The second-order valence-electron chi connectivity index (χ2n) is 5.91. The summed E-state index contributed by atoms with van der Waals surface area (Å²) in [7, 11) is 0. The molecule has 1 aromatic heterocycles. The van der Waals surface area contributed by atoms with E-state index in [0.29, 0.717) is 5.92 Å². The Kier molecular flexibility index (Phi) is 3.28. The molecule has 1 aromatic carbocycles. The van der Waals surface area contributed by atoms with Gasteiger partial charge in [-0.3, -0.25) is 4.98 Å². The maximum Gasteiger partial charge on any atom is 0.0713 e. The smallest absolute Gasteiger partial charge is 0.0713 e. The van der Waals surface area contributed by atoms with Crippen molar-refractivity contribution in [3.63, 3.8) is 0 Å². The molecule has 1 saturated carbocycles. The van der Waals surface area contributed by atoms with Gasteiger partial charge in [0.15, 0.2) is 0 Å². The molecule has 2 unspecified atom stereocenters. The van der Waals surface area contributed by atoms with Crippen molar-refractivity contribution in [1.29, 1.82) is 0 Å². The van der Waals surface area contributed by atoms with Crippen molar-refractivity contribution >= 4 is 10.9 Å². The summed E-state index contributed by atoms with van der Waals surface area (Å²) >= 11 is 0. The molecule has 1 aliphatic rings. The molecule has 2 aromatic rings. The SMILES string of the molecule is CC1CCCCC1(O)Cc1ccnc2ccccc12. The zero-order valence-electron chi connectivity index (χ0n) is 11.5. The molecule has 0 radical (unpaired) electrons. The van der Waals surface area contributed by atoms with E-state index in [4.69, 9.17) is 0 Å². The van der Waals surface area contributed by atoms with E-state index in [1.165, 1.54) is 17.4 Å². The first kappa shape index (κ1) is 12.6. The summed E-state index contributed by atoms with van der Waals surface area (Å²) in [5.41, 5.74) is 1.71. The van der Waals surface area contributed by atoms with Crippen molar-refractivity contribution in [2.24, 2.45) is 5.92 Å². The second kappa shape index (κ2) is 4.93. The number of nitrogens with zero attached hydrogens (tertiary/aromatic N) is 1. The monoisotopic (exact) mass is 255 g/mol. The predicted octanol–water partition coefficient (Wildman–Crippen LogP) is 3.72. The summed E-state index contributed by atoms with van der Waals surface area (Å²) in [5, 5.41) is 12.1. The Morgan fingerprint density at radius 1 is 1.26 bits per heavy atom. The number of aromatic nitrogens is 1. The zero-order valence-corrected chi connectivity index (χ0v) is 11.5. The molecule has 0 spiro atoms. The highest BCUT2D eigenvalue weighted by atomic mass is 16.3. The Hall–Kier alpha value is -1.41. The van der Waals surface area contributed by atoms with Crippen molar-refractivity contribution in [2.75, 3.05) is 0 Å². The van der Waals surface area contributed by atoms with Crippen molar-refractivity contribution in [3.05, 3.63) is 42.1 Å². The Balaban J connectivity index is 1.97. The summed E-state index contributed by atoms with van der Waals surface area (Å²) in [4.78, 5) is 4.40. The van der Waals surface area contributed by atoms with Gasteiger partial charge in [-0.25, -0.2) is 0 Å². The number of para-hydroxylation sites is 1. The number of hydrogen-bond acceptors (Lipinski definition) is 2. The highest BCUT2D eigenvalue weighted by Gasteiger charge is 2.36. The first-order valence-corrected chi connectivity index (χ1v) is 7.24. The lowest BCUT2D eigenvalue weighted by atomic mass is 9.73. The van der Waals surface area contributed by atoms with E-state index in [1.807, 2.05) is 24.4 Å². The molecule has 0 saturated heterocycles. The van der Waals surface area contributed by atoms with Crippen LogP contribution in [0.2, 0.25) is 0 Å². The molecule has 2 atom stereocenters. The van der Waals surface area contributed by atoms with Gasteiger partial charge in [0, 0.05) is 18.0 Å². The van der Waals surface area contributed by atoms with Gasteiger partial charge in [-0.1, -0.05) is 38.0 Å². The van der Waals surface area contributed by atoms with Crippen molar-refractivity contribution in [2.45, 2.75) is 44.6 Å². The number of pyridine rings is 1. The van der Waals surface area contributed by atoms with Crippen LogP contribution < -0.4 is 0 Å². The fourth-order valence-corrected chi connectivity index (χ4v) is 3.30. The molecule has 1 aliphatic carbocycles. The maximum atomic E-state index is 10.9. The van der Waals surface area contributed by atoms with Crippen LogP contribution in [-0.4, -0.2) is 15.7 Å². The van der Waals surface area contributed by atoms with Crippen molar-refractivity contribution in [3.8, 4) is 0 Å². The van der Waals surface area contributed by atoms with Crippen molar-refractivity contribution < 1.29 is 5.11 Å². The van der Waals surface area contributed by atoms with Crippen LogP contribution in [0.5, 0.6) is 0 Å². The van der Waals surface area contributed by atoms with Crippen LogP contribution in [0.25, 0.3) is 10.9 Å². The fourth-order valence-electron chi connectivity index (χ4n) is 3.30. The average Bonchev–Trinajstić information content (AvgIpc) is 2.43. The summed E-state index contributed by atoms with van der Waals surface area (Å²) < 4.78 is 0. The third-order valence-electron chi connectivity index (χ3n) is 4.65. The minimum atomic E-state index is -0.539. The van der Waals surface area contributed by atoms with Gasteiger partial charge < -0.3 is 5.11 Å². The Labute approximate surface area is 114 Å². The average molecular weight is 255 g/mol. The first-order chi connectivity index (χ1) is 9.19. The number of fused-ring (bicyclic) bond motifs is 1. The van der Waals surface area contributed by atoms with E-state index in [0.717, 1.165) is 31.2 Å². The Bertz CT molecular complexity index is 575. The van der Waals surface area contributed by atoms with Gasteiger partial charge in [-0.15, -0.1) is 0 Å². The van der Waals surface area contributed by atoms with E-state index in [9.17, 15) is 5.11 Å². The minimum Gasteiger partial charge on any atom is -0.389 e. The van der Waals surface area contributed by atoms with E-state index in [2.05, 4.69) is 24.0 Å². The molecule has 100 valence electrons. The normalized spacial score (nSPS) is 27.6. The van der Waals surface area contributed by atoms with E-state index in [1.54, 1.807) is 0 Å². The Morgan fingerprint density at radius 3 is 2.95 bits per heavy atom. The molecule has 1 N–H and O–H groups in total. The molecule has 2 nitrogen and oxygen atoms in total. The van der Waals surface area contributed by atoms with E-state index < -0.39 is 5.60 Å². The number of hydrogen-bond donors (Lipinski definition) is 1. The summed E-state index contributed by atoms with van der Waals surface area (Å²) in [6.07, 6.45) is 7.06. The third-order valence-corrected chi connectivity index (χ3v) is 4.65. The highest BCUT2D eigenvalue weighted by molar-refractivity contribution is 5.81. The minimum absolute atomic E-state index is 0.383. The second-order valence-corrected chi connectivity index (χ2v) is 5.91. The van der Waals surface area contributed by atoms with Crippen molar-refractivity contribution in [1.82, 2.24) is 4.98 Å². The Morgan fingerprint density at radius 2 is 2.11 bits per heavy atom. The number of aliphatic hydroxyl groups is 1. The first-order valence-electron chi connectivity index (χ1n) is 7.24. The van der Waals surface area contributed by atoms with Gasteiger partial charge in [0.1, 0.15) is 0 Å². The van der Waals surface area contributed by atoms with Crippen LogP contribution in [0.3, 0.4) is 0 Å². The lowest BCUT2D eigenvalue weighted by Crippen LogP contribution is -2.41. The molecule has 2 heteroatoms. The zero-order chi connectivity index (χ0) is 13.3. The molecule has 0 amide bonds. The molecule has 0 aliphatic heterocycles. The van der Waals surface area contributed by atoms with Crippen LogP contribution >= 0.6 is 0 Å². The number of rotatable bonds is 2. The fraction of sp³-hybridized carbons (Fsp3) is 0.471. The molecular weight excluding hydrogens is 234 g/mol. The largest absolute Gasteiger partial charge is 0.389 e. The topological polar surface area (TPSA) is 33.1 Å². The summed E-state index contributed by atoms with van der Waals surface area (Å²) in [6, 6.07) is 10.3. The van der Waals surface area contributed by atoms with Gasteiger partial charge in [0.05, 0.1) is 11.1 Å². The summed E-state index contributed by atoms with van der Waals surface area (Å²) in [5.74, 6) is 0.383. The van der Waals surface area contributed by atoms with Gasteiger partial charge in [-0.2, -0.15) is 0 Å². The third kappa shape index (κ3) is 2.37. The lowest BCUT2D eigenvalue weighted by molar-refractivity contribution is -0.0402. The van der Waals surface area contributed by atoms with Crippen LogP contribution in [0.15, 0.2) is 36.5 Å².